The van der Waals surface area contributed by atoms with Crippen LogP contribution in [0.25, 0.3) is 0 Å². The molecular weight excluding hydrogens is 195 g/mol. The molecule has 15 heavy (non-hydrogen) atoms. The predicted molar refractivity (Wildman–Crippen MR) is 54.6 cm³/mol. The highest BCUT2D eigenvalue weighted by Gasteiger charge is 2.27. The lowest BCUT2D eigenvalue weighted by Crippen LogP contribution is -2.46. The Balaban J connectivity index is 2.33. The number of likely N-dealkylation sites (N-methyl/N-ethyl adjacent to an activating group) is 1. The quantitative estimate of drug-likeness (QED) is 0.737. The lowest BCUT2D eigenvalue weighted by Gasteiger charge is -2.31. The Hall–Kier alpha value is -1.42. The highest BCUT2D eigenvalue weighted by atomic mass is 19.1. The molecule has 0 saturated carbocycles. The van der Waals surface area contributed by atoms with E-state index in [9.17, 15) is 9.18 Å². The molecule has 1 aromatic rings. The molecule has 0 bridgehead atoms. The van der Waals surface area contributed by atoms with Crippen molar-refractivity contribution in [2.45, 2.75) is 19.0 Å². The van der Waals surface area contributed by atoms with Gasteiger partial charge >= 0.3 is 0 Å². The van der Waals surface area contributed by atoms with E-state index in [-0.39, 0.29) is 17.8 Å². The molecule has 1 heterocycles. The lowest BCUT2D eigenvalue weighted by atomic mass is 9.94. The summed E-state index contributed by atoms with van der Waals surface area (Å²) in [5.74, 6) is -0.563. The number of carbonyl (C=O) groups excluding carboxylic acids is 1. The molecule has 1 aliphatic rings. The van der Waals surface area contributed by atoms with Gasteiger partial charge in [-0.1, -0.05) is 6.07 Å². The second-order valence-corrected chi connectivity index (χ2v) is 3.95. The number of rotatable bonds is 1. The summed E-state index contributed by atoms with van der Waals surface area (Å²) in [4.78, 5) is 13.0. The van der Waals surface area contributed by atoms with E-state index in [1.807, 2.05) is 11.9 Å². The van der Waals surface area contributed by atoms with Crippen LogP contribution in [0.3, 0.4) is 0 Å². The summed E-state index contributed by atoms with van der Waals surface area (Å²) in [5, 5.41) is 0. The minimum Gasteiger partial charge on any atom is -0.368 e. The predicted octanol–water partition coefficient (Wildman–Crippen LogP) is 0.668. The fraction of sp³-hybridized carbons (Fsp3) is 0.364. The van der Waals surface area contributed by atoms with Crippen LogP contribution in [0.2, 0.25) is 0 Å². The number of hydrogen-bond acceptors (Lipinski definition) is 2. The van der Waals surface area contributed by atoms with E-state index < -0.39 is 0 Å². The van der Waals surface area contributed by atoms with Crippen LogP contribution >= 0.6 is 0 Å². The second kappa shape index (κ2) is 3.62. The molecule has 1 aliphatic heterocycles. The average molecular weight is 208 g/mol. The van der Waals surface area contributed by atoms with E-state index in [0.29, 0.717) is 13.0 Å². The smallest absolute Gasteiger partial charge is 0.235 e. The first-order valence-corrected chi connectivity index (χ1v) is 4.85. The zero-order valence-corrected chi connectivity index (χ0v) is 8.53. The zero-order valence-electron chi connectivity index (χ0n) is 8.53. The van der Waals surface area contributed by atoms with Gasteiger partial charge in [0.1, 0.15) is 5.82 Å². The molecule has 0 unspecified atom stereocenters. The molecule has 0 aromatic heterocycles. The van der Waals surface area contributed by atoms with Gasteiger partial charge in [-0.25, -0.2) is 4.39 Å². The molecule has 1 amide bonds. The van der Waals surface area contributed by atoms with Crippen molar-refractivity contribution < 1.29 is 9.18 Å². The third-order valence-corrected chi connectivity index (χ3v) is 2.86. The van der Waals surface area contributed by atoms with E-state index in [2.05, 4.69) is 0 Å². The van der Waals surface area contributed by atoms with E-state index in [1.54, 1.807) is 6.07 Å². The van der Waals surface area contributed by atoms with Gasteiger partial charge in [-0.05, 0) is 36.7 Å². The maximum absolute atomic E-state index is 13.0. The Morgan fingerprint density at radius 1 is 1.53 bits per heavy atom. The highest BCUT2D eigenvalue weighted by molar-refractivity contribution is 5.80. The highest BCUT2D eigenvalue weighted by Crippen LogP contribution is 2.22. The van der Waals surface area contributed by atoms with Crippen molar-refractivity contribution in [1.82, 2.24) is 4.90 Å². The molecule has 2 rings (SSSR count). The van der Waals surface area contributed by atoms with Crippen molar-refractivity contribution in [1.29, 1.82) is 0 Å². The number of fused-ring (bicyclic) bond motifs is 1. The second-order valence-electron chi connectivity index (χ2n) is 3.95. The summed E-state index contributed by atoms with van der Waals surface area (Å²) in [6.45, 7) is 0.570. The van der Waals surface area contributed by atoms with Gasteiger partial charge in [-0.15, -0.1) is 0 Å². The number of nitrogens with two attached hydrogens (primary N) is 1. The molecule has 4 heteroatoms. The minimum atomic E-state index is -0.326. The molecule has 2 N–H and O–H groups in total. The fourth-order valence-electron chi connectivity index (χ4n) is 2.00. The summed E-state index contributed by atoms with van der Waals surface area (Å²) < 4.78 is 13.0. The number of primary amides is 1. The molecule has 80 valence electrons. The van der Waals surface area contributed by atoms with E-state index >= 15 is 0 Å². The first-order valence-electron chi connectivity index (χ1n) is 4.85. The number of halogens is 1. The molecule has 1 aromatic carbocycles. The minimum absolute atomic E-state index is 0.236. The molecule has 0 radical (unpaired) electrons. The fourth-order valence-corrected chi connectivity index (χ4v) is 2.00. The number of nitrogens with zero attached hydrogens (tertiary/aromatic N) is 1. The number of carbonyl (C=O) groups is 1. The van der Waals surface area contributed by atoms with Gasteiger partial charge in [0.15, 0.2) is 0 Å². The van der Waals surface area contributed by atoms with Crippen LogP contribution in [0, 0.1) is 5.82 Å². The van der Waals surface area contributed by atoms with Gasteiger partial charge in [-0.2, -0.15) is 0 Å². The molecule has 0 fully saturated rings. The van der Waals surface area contributed by atoms with Gasteiger partial charge in [0.05, 0.1) is 6.04 Å². The lowest BCUT2D eigenvalue weighted by molar-refractivity contribution is -0.123. The topological polar surface area (TPSA) is 46.3 Å². The van der Waals surface area contributed by atoms with Crippen LogP contribution in [-0.2, 0) is 17.8 Å². The molecule has 3 nitrogen and oxygen atoms in total. The van der Waals surface area contributed by atoms with Gasteiger partial charge in [-0.3, -0.25) is 9.69 Å². The van der Waals surface area contributed by atoms with Crippen molar-refractivity contribution in [3.05, 3.63) is 35.1 Å². The first kappa shape index (κ1) is 10.1. The molecule has 1 atom stereocenters. The molecule has 0 spiro atoms. The van der Waals surface area contributed by atoms with Crippen molar-refractivity contribution in [3.63, 3.8) is 0 Å². The third-order valence-electron chi connectivity index (χ3n) is 2.86. The largest absolute Gasteiger partial charge is 0.368 e. The zero-order chi connectivity index (χ0) is 11.0. The van der Waals surface area contributed by atoms with Crippen molar-refractivity contribution >= 4 is 5.91 Å². The summed E-state index contributed by atoms with van der Waals surface area (Å²) in [7, 11) is 1.82. The molecule has 0 aliphatic carbocycles. The number of amides is 1. The Bertz CT molecular complexity index is 406. The van der Waals surface area contributed by atoms with Crippen molar-refractivity contribution in [3.8, 4) is 0 Å². The standard InChI is InChI=1S/C11H13FN2O/c1-14-6-8-4-9(12)3-2-7(8)5-10(14)11(13)15/h2-4,10H,5-6H2,1H3,(H2,13,15)/t10-/m1/s1. The van der Waals surface area contributed by atoms with E-state index in [1.165, 1.54) is 12.1 Å². The Kier molecular flexibility index (Phi) is 2.44. The van der Waals surface area contributed by atoms with Gasteiger partial charge < -0.3 is 5.73 Å². The Morgan fingerprint density at radius 3 is 2.93 bits per heavy atom. The van der Waals surface area contributed by atoms with Crippen LogP contribution in [-0.4, -0.2) is 23.9 Å². The van der Waals surface area contributed by atoms with E-state index in [0.717, 1.165) is 11.1 Å². The van der Waals surface area contributed by atoms with Crippen molar-refractivity contribution in [2.75, 3.05) is 7.05 Å². The summed E-state index contributed by atoms with van der Waals surface area (Å²) in [6, 6.07) is 4.39. The first-order chi connectivity index (χ1) is 7.08. The summed E-state index contributed by atoms with van der Waals surface area (Å²) in [6.07, 6.45) is 0.571. The van der Waals surface area contributed by atoms with Crippen LogP contribution in [0.1, 0.15) is 11.1 Å². The summed E-state index contributed by atoms with van der Waals surface area (Å²) >= 11 is 0. The van der Waals surface area contributed by atoms with Crippen LogP contribution in [0.4, 0.5) is 4.39 Å². The Labute approximate surface area is 87.7 Å². The van der Waals surface area contributed by atoms with Crippen LogP contribution in [0.15, 0.2) is 18.2 Å². The monoisotopic (exact) mass is 208 g/mol. The number of benzene rings is 1. The summed E-state index contributed by atoms with van der Waals surface area (Å²) in [5.41, 5.74) is 7.24. The van der Waals surface area contributed by atoms with E-state index in [4.69, 9.17) is 5.73 Å². The normalized spacial score (nSPS) is 21.1. The maximum Gasteiger partial charge on any atom is 0.235 e. The van der Waals surface area contributed by atoms with Gasteiger partial charge in [0.25, 0.3) is 0 Å². The maximum atomic E-state index is 13.0. The number of hydrogen-bond donors (Lipinski definition) is 1. The third kappa shape index (κ3) is 1.85. The van der Waals surface area contributed by atoms with Crippen LogP contribution in [0.5, 0.6) is 0 Å². The van der Waals surface area contributed by atoms with Crippen molar-refractivity contribution in [2.24, 2.45) is 5.73 Å². The van der Waals surface area contributed by atoms with Crippen LogP contribution < -0.4 is 5.73 Å². The van der Waals surface area contributed by atoms with Gasteiger partial charge in [0, 0.05) is 6.54 Å². The Morgan fingerprint density at radius 2 is 2.27 bits per heavy atom. The SMILES string of the molecule is CN1Cc2cc(F)ccc2C[C@@H]1C(N)=O. The average Bonchev–Trinajstić information content (AvgIpc) is 2.15. The van der Waals surface area contributed by atoms with Gasteiger partial charge in [0.2, 0.25) is 5.91 Å². The molecular formula is C11H13FN2O. The molecule has 0 saturated heterocycles.